The second kappa shape index (κ2) is 4.82. The van der Waals surface area contributed by atoms with Crippen LogP contribution in [0.5, 0.6) is 0 Å². The molecule has 1 N–H and O–H groups in total. The van der Waals surface area contributed by atoms with Gasteiger partial charge in [0.2, 0.25) is 11.7 Å². The third-order valence-electron chi connectivity index (χ3n) is 3.51. The van der Waals surface area contributed by atoms with Crippen LogP contribution in [-0.4, -0.2) is 22.7 Å². The molecule has 96 valence electrons. The average molecular weight is 263 g/mol. The number of hydrogen-bond acceptors (Lipinski definition) is 5. The minimum absolute atomic E-state index is 0.404. The van der Waals surface area contributed by atoms with E-state index in [0.29, 0.717) is 12.0 Å². The smallest absolute Gasteiger partial charge is 0.230 e. The monoisotopic (exact) mass is 263 g/mol. The first-order chi connectivity index (χ1) is 8.74. The van der Waals surface area contributed by atoms with Crippen LogP contribution >= 0.6 is 11.3 Å². The van der Waals surface area contributed by atoms with Crippen molar-refractivity contribution < 1.29 is 4.52 Å². The topological polar surface area (TPSA) is 51.0 Å². The summed E-state index contributed by atoms with van der Waals surface area (Å²) in [6.45, 7) is 5.31. The zero-order chi connectivity index (χ0) is 12.5. The van der Waals surface area contributed by atoms with Gasteiger partial charge in [-0.1, -0.05) is 5.16 Å². The van der Waals surface area contributed by atoms with Crippen LogP contribution in [0.4, 0.5) is 0 Å². The number of aromatic nitrogens is 2. The van der Waals surface area contributed by atoms with E-state index in [1.807, 2.05) is 0 Å². The molecular weight excluding hydrogens is 246 g/mol. The van der Waals surface area contributed by atoms with Crippen LogP contribution in [0.2, 0.25) is 0 Å². The molecule has 3 heterocycles. The van der Waals surface area contributed by atoms with Gasteiger partial charge in [-0.2, -0.15) is 16.3 Å². The lowest BCUT2D eigenvalue weighted by Gasteiger charge is -2.25. The molecule has 0 radical (unpaired) electrons. The fraction of sp³-hybridized carbons (Fsp3) is 0.538. The summed E-state index contributed by atoms with van der Waals surface area (Å²) in [5.74, 6) is 1.93. The van der Waals surface area contributed by atoms with Gasteiger partial charge in [0, 0.05) is 22.9 Å². The van der Waals surface area contributed by atoms with Crippen molar-refractivity contribution >= 4 is 11.3 Å². The maximum atomic E-state index is 5.45. The van der Waals surface area contributed by atoms with Gasteiger partial charge in [0.25, 0.3) is 0 Å². The van der Waals surface area contributed by atoms with Crippen molar-refractivity contribution in [2.45, 2.75) is 38.6 Å². The van der Waals surface area contributed by atoms with Crippen molar-refractivity contribution in [3.8, 4) is 11.4 Å². The Kier molecular flexibility index (Phi) is 3.18. The Morgan fingerprint density at radius 2 is 2.33 bits per heavy atom. The SMILES string of the molecule is Cc1cscc1-c1noc(C2CCNC(C)C2)n1. The van der Waals surface area contributed by atoms with Crippen molar-refractivity contribution in [2.24, 2.45) is 0 Å². The molecule has 0 bridgehead atoms. The summed E-state index contributed by atoms with van der Waals surface area (Å²) in [4.78, 5) is 4.57. The molecule has 1 aliphatic rings. The lowest BCUT2D eigenvalue weighted by molar-refractivity contribution is 0.295. The first kappa shape index (κ1) is 11.9. The predicted molar refractivity (Wildman–Crippen MR) is 71.8 cm³/mol. The molecule has 2 unspecified atom stereocenters. The number of hydrogen-bond donors (Lipinski definition) is 1. The third kappa shape index (κ3) is 2.20. The van der Waals surface area contributed by atoms with Gasteiger partial charge < -0.3 is 9.84 Å². The van der Waals surface area contributed by atoms with Crippen LogP contribution in [-0.2, 0) is 0 Å². The molecule has 2 aromatic heterocycles. The van der Waals surface area contributed by atoms with Crippen molar-refractivity contribution in [3.05, 3.63) is 22.2 Å². The average Bonchev–Trinajstić information content (AvgIpc) is 2.97. The molecule has 1 saturated heterocycles. The van der Waals surface area contributed by atoms with E-state index in [9.17, 15) is 0 Å². The highest BCUT2D eigenvalue weighted by Gasteiger charge is 2.25. The van der Waals surface area contributed by atoms with Crippen molar-refractivity contribution in [1.29, 1.82) is 0 Å². The van der Waals surface area contributed by atoms with Gasteiger partial charge in [-0.15, -0.1) is 0 Å². The normalized spacial score (nSPS) is 24.3. The zero-order valence-corrected chi connectivity index (χ0v) is 11.5. The van der Waals surface area contributed by atoms with Crippen LogP contribution in [0.15, 0.2) is 15.3 Å². The van der Waals surface area contributed by atoms with Gasteiger partial charge in [0.05, 0.1) is 0 Å². The lowest BCUT2D eigenvalue weighted by Crippen LogP contribution is -2.34. The van der Waals surface area contributed by atoms with Crippen LogP contribution in [0.3, 0.4) is 0 Å². The molecule has 1 fully saturated rings. The Labute approximate surface area is 110 Å². The molecule has 1 aliphatic heterocycles. The standard InChI is InChI=1S/C13H17N3OS/c1-8-6-18-7-11(8)12-15-13(17-16-12)10-3-4-14-9(2)5-10/h6-7,9-10,14H,3-5H2,1-2H3. The first-order valence-corrected chi connectivity index (χ1v) is 7.28. The summed E-state index contributed by atoms with van der Waals surface area (Å²) in [5.41, 5.74) is 2.31. The van der Waals surface area contributed by atoms with Crippen molar-refractivity contribution in [1.82, 2.24) is 15.5 Å². The summed E-state index contributed by atoms with van der Waals surface area (Å²) < 4.78 is 5.45. The fourth-order valence-electron chi connectivity index (χ4n) is 2.46. The minimum atomic E-state index is 0.404. The highest BCUT2D eigenvalue weighted by Crippen LogP contribution is 2.29. The van der Waals surface area contributed by atoms with E-state index in [2.05, 4.69) is 40.1 Å². The second-order valence-corrected chi connectivity index (χ2v) is 5.74. The molecular formula is C13H17N3OS. The number of nitrogens with zero attached hydrogens (tertiary/aromatic N) is 2. The number of thiophene rings is 1. The minimum Gasteiger partial charge on any atom is -0.339 e. The van der Waals surface area contributed by atoms with Crippen molar-refractivity contribution in [2.75, 3.05) is 6.54 Å². The number of nitrogens with one attached hydrogen (secondary N) is 1. The summed E-state index contributed by atoms with van der Waals surface area (Å²) in [5, 5.41) is 11.7. The Balaban J connectivity index is 1.83. The lowest BCUT2D eigenvalue weighted by atomic mass is 9.93. The molecule has 0 saturated carbocycles. The van der Waals surface area contributed by atoms with Gasteiger partial charge in [0.15, 0.2) is 0 Å². The summed E-state index contributed by atoms with van der Waals surface area (Å²) in [6.07, 6.45) is 2.15. The molecule has 0 aromatic carbocycles. The Bertz CT molecular complexity index is 534. The van der Waals surface area contributed by atoms with E-state index in [-0.39, 0.29) is 0 Å². The molecule has 0 spiro atoms. The van der Waals surface area contributed by atoms with E-state index in [4.69, 9.17) is 4.52 Å². The van der Waals surface area contributed by atoms with Crippen LogP contribution in [0.25, 0.3) is 11.4 Å². The van der Waals surface area contributed by atoms with Gasteiger partial charge in [-0.3, -0.25) is 0 Å². The summed E-state index contributed by atoms with van der Waals surface area (Å²) >= 11 is 1.67. The number of rotatable bonds is 2. The van der Waals surface area contributed by atoms with Gasteiger partial charge >= 0.3 is 0 Å². The quantitative estimate of drug-likeness (QED) is 0.905. The van der Waals surface area contributed by atoms with E-state index in [1.165, 1.54) is 5.56 Å². The zero-order valence-electron chi connectivity index (χ0n) is 10.6. The van der Waals surface area contributed by atoms with Crippen LogP contribution in [0.1, 0.15) is 37.1 Å². The second-order valence-electron chi connectivity index (χ2n) is 5.00. The third-order valence-corrected chi connectivity index (χ3v) is 4.37. The molecule has 0 amide bonds. The number of piperidine rings is 1. The fourth-order valence-corrected chi connectivity index (χ4v) is 3.28. The first-order valence-electron chi connectivity index (χ1n) is 6.34. The maximum Gasteiger partial charge on any atom is 0.230 e. The van der Waals surface area contributed by atoms with Gasteiger partial charge in [0.1, 0.15) is 0 Å². The molecule has 0 aliphatic carbocycles. The highest BCUT2D eigenvalue weighted by molar-refractivity contribution is 7.08. The Morgan fingerprint density at radius 1 is 1.44 bits per heavy atom. The van der Waals surface area contributed by atoms with E-state index in [0.717, 1.165) is 36.7 Å². The molecule has 2 aromatic rings. The Morgan fingerprint density at radius 3 is 3.06 bits per heavy atom. The predicted octanol–water partition coefficient (Wildman–Crippen LogP) is 2.96. The number of aryl methyl sites for hydroxylation is 1. The molecule has 2 atom stereocenters. The van der Waals surface area contributed by atoms with E-state index in [1.54, 1.807) is 11.3 Å². The highest BCUT2D eigenvalue weighted by atomic mass is 32.1. The van der Waals surface area contributed by atoms with Crippen LogP contribution in [0, 0.1) is 6.92 Å². The molecule has 4 nitrogen and oxygen atoms in total. The van der Waals surface area contributed by atoms with E-state index >= 15 is 0 Å². The summed E-state index contributed by atoms with van der Waals surface area (Å²) in [7, 11) is 0. The van der Waals surface area contributed by atoms with E-state index < -0.39 is 0 Å². The maximum absolute atomic E-state index is 5.45. The van der Waals surface area contributed by atoms with Gasteiger partial charge in [-0.05, 0) is 44.2 Å². The van der Waals surface area contributed by atoms with Crippen LogP contribution < -0.4 is 5.32 Å². The molecule has 18 heavy (non-hydrogen) atoms. The van der Waals surface area contributed by atoms with Gasteiger partial charge in [-0.25, -0.2) is 0 Å². The largest absolute Gasteiger partial charge is 0.339 e. The van der Waals surface area contributed by atoms with Crippen molar-refractivity contribution in [3.63, 3.8) is 0 Å². The summed E-state index contributed by atoms with van der Waals surface area (Å²) in [6, 6.07) is 0.530. The molecule has 3 rings (SSSR count). The Hall–Kier alpha value is -1.20. The molecule has 5 heteroatoms.